The van der Waals surface area contributed by atoms with Gasteiger partial charge in [0.15, 0.2) is 5.13 Å². The third-order valence-electron chi connectivity index (χ3n) is 12.2. The number of rotatable bonds is 11. The number of nitrogens with one attached hydrogen (secondary N) is 4. The summed E-state index contributed by atoms with van der Waals surface area (Å²) < 4.78 is 47.0. The third kappa shape index (κ3) is 10.1. The van der Waals surface area contributed by atoms with Crippen LogP contribution < -0.4 is 30.1 Å². The van der Waals surface area contributed by atoms with Crippen LogP contribution in [0.2, 0.25) is 0 Å². The molecule has 18 heteroatoms. The number of sulfonamides is 1. The highest BCUT2D eigenvalue weighted by Gasteiger charge is 2.61. The highest BCUT2D eigenvalue weighted by Crippen LogP contribution is 2.46. The average molecular weight is 914 g/mol. The van der Waals surface area contributed by atoms with E-state index in [0.29, 0.717) is 53.1 Å². The number of carbonyl (C=O) groups is 4. The zero-order valence-electron chi connectivity index (χ0n) is 36.2. The summed E-state index contributed by atoms with van der Waals surface area (Å²) in [6.07, 6.45) is 8.88. The molecular weight excluding hydrogens is 859 g/mol. The number of amides is 4. The van der Waals surface area contributed by atoms with Crippen LogP contribution in [-0.4, -0.2) is 96.6 Å². The van der Waals surface area contributed by atoms with Gasteiger partial charge in [-0.25, -0.2) is 27.9 Å². The lowest BCUT2D eigenvalue weighted by Crippen LogP contribution is -2.58. The third-order valence-corrected chi connectivity index (χ3v) is 14.4. The number of thiazole rings is 1. The Labute approximate surface area is 377 Å². The van der Waals surface area contributed by atoms with Crippen molar-refractivity contribution in [2.45, 2.75) is 125 Å². The molecule has 8 rings (SSSR count). The molecule has 2 saturated carbocycles. The van der Waals surface area contributed by atoms with E-state index in [2.05, 4.69) is 20.7 Å². The van der Waals surface area contributed by atoms with Gasteiger partial charge in [0.2, 0.25) is 11.8 Å². The average Bonchev–Trinajstić information content (AvgIpc) is 3.70. The van der Waals surface area contributed by atoms with Gasteiger partial charge in [0.1, 0.15) is 47.0 Å². The zero-order valence-corrected chi connectivity index (χ0v) is 37.8. The van der Waals surface area contributed by atoms with Crippen molar-refractivity contribution in [3.63, 3.8) is 0 Å². The first-order chi connectivity index (χ1) is 30.8. The van der Waals surface area contributed by atoms with Crippen LogP contribution in [0.4, 0.5) is 9.93 Å². The van der Waals surface area contributed by atoms with Gasteiger partial charge in [-0.2, -0.15) is 0 Å². The van der Waals surface area contributed by atoms with Crippen LogP contribution in [0.25, 0.3) is 22.3 Å². The molecule has 5 atom stereocenters. The minimum atomic E-state index is -4.28. The Hall–Kier alpha value is -5.75. The summed E-state index contributed by atoms with van der Waals surface area (Å²) in [6, 6.07) is 12.8. The van der Waals surface area contributed by atoms with Crippen molar-refractivity contribution in [3.05, 3.63) is 72.1 Å². The Kier molecular flexibility index (Phi) is 13.4. The van der Waals surface area contributed by atoms with Crippen molar-refractivity contribution in [1.82, 2.24) is 30.2 Å². The van der Waals surface area contributed by atoms with Gasteiger partial charge < -0.3 is 35.1 Å². The number of ether oxygens (including phenoxy) is 3. The second-order valence-electron chi connectivity index (χ2n) is 17.3. The molecular formula is C46H55N7O9S2. The number of allylic oxidation sites excluding steroid dienone is 1. The SMILES string of the molecule is COc1ccc2c(O[C@@H]3C[C@H]4C(=O)N[C@]5(C(=O)NS(=O)(=O)c6ccccc6)C[C@H]5/C=C\CCCCC[C@H](NC(=O)OC5CCCC5)C(=O)N4C3)cc(-c3csc(NC(C)C)n3)nc2c1. The Bertz CT molecular complexity index is 2510. The van der Waals surface area contributed by atoms with E-state index in [1.807, 2.05) is 37.4 Å². The van der Waals surface area contributed by atoms with Gasteiger partial charge in [0.25, 0.3) is 15.9 Å². The maximum atomic E-state index is 14.8. The number of aromatic nitrogens is 2. The summed E-state index contributed by atoms with van der Waals surface area (Å²) in [4.78, 5) is 68.0. The summed E-state index contributed by atoms with van der Waals surface area (Å²) in [5.74, 6) is -1.48. The molecule has 4 heterocycles. The van der Waals surface area contributed by atoms with E-state index in [9.17, 15) is 27.6 Å². The van der Waals surface area contributed by atoms with Gasteiger partial charge in [-0.15, -0.1) is 11.3 Å². The number of fused-ring (bicyclic) bond motifs is 3. The van der Waals surface area contributed by atoms with E-state index < -0.39 is 63.5 Å². The van der Waals surface area contributed by atoms with Gasteiger partial charge in [-0.05, 0) is 89.5 Å². The van der Waals surface area contributed by atoms with Crippen LogP contribution in [0.5, 0.6) is 11.5 Å². The molecule has 64 heavy (non-hydrogen) atoms. The van der Waals surface area contributed by atoms with E-state index in [1.54, 1.807) is 43.5 Å². The topological polar surface area (TPSA) is 207 Å². The van der Waals surface area contributed by atoms with Crippen LogP contribution in [0, 0.1) is 5.92 Å². The number of hydrogen-bond acceptors (Lipinski definition) is 13. The minimum absolute atomic E-state index is 0.0196. The van der Waals surface area contributed by atoms with Crippen LogP contribution in [0.3, 0.4) is 0 Å². The quantitative estimate of drug-likeness (QED) is 0.119. The maximum absolute atomic E-state index is 14.8. The lowest BCUT2D eigenvalue weighted by Gasteiger charge is -2.30. The molecule has 3 fully saturated rings. The molecule has 4 N–H and O–H groups in total. The Balaban J connectivity index is 1.12. The predicted octanol–water partition coefficient (Wildman–Crippen LogP) is 6.47. The Morgan fingerprint density at radius 2 is 1.73 bits per heavy atom. The predicted molar refractivity (Wildman–Crippen MR) is 241 cm³/mol. The molecule has 16 nitrogen and oxygen atoms in total. The van der Waals surface area contributed by atoms with Gasteiger partial charge in [-0.1, -0.05) is 43.2 Å². The number of carbonyl (C=O) groups excluding carboxylic acids is 4. The number of methoxy groups -OCH3 is 1. The Morgan fingerprint density at radius 3 is 2.50 bits per heavy atom. The van der Waals surface area contributed by atoms with Gasteiger partial charge in [-0.3, -0.25) is 14.4 Å². The lowest BCUT2D eigenvalue weighted by atomic mass is 10.0. The maximum Gasteiger partial charge on any atom is 0.408 e. The molecule has 0 bridgehead atoms. The number of benzene rings is 2. The van der Waals surface area contributed by atoms with E-state index >= 15 is 0 Å². The van der Waals surface area contributed by atoms with E-state index in [4.69, 9.17) is 24.2 Å². The summed E-state index contributed by atoms with van der Waals surface area (Å²) in [6.45, 7) is 4.02. The molecule has 4 aromatic rings. The smallest absolute Gasteiger partial charge is 0.408 e. The fraction of sp³-hybridized carbons (Fsp3) is 0.478. The second-order valence-corrected chi connectivity index (χ2v) is 19.8. The summed E-state index contributed by atoms with van der Waals surface area (Å²) in [7, 11) is -2.71. The Morgan fingerprint density at radius 1 is 0.953 bits per heavy atom. The number of anilines is 1. The van der Waals surface area contributed by atoms with Crippen molar-refractivity contribution < 1.29 is 41.8 Å². The fourth-order valence-corrected chi connectivity index (χ4v) is 10.7. The van der Waals surface area contributed by atoms with Crippen LogP contribution >= 0.6 is 11.3 Å². The molecule has 4 aliphatic rings. The summed E-state index contributed by atoms with van der Waals surface area (Å²) >= 11 is 1.45. The molecule has 2 aliphatic heterocycles. The molecule has 0 radical (unpaired) electrons. The van der Waals surface area contributed by atoms with Crippen molar-refractivity contribution in [3.8, 4) is 22.9 Å². The molecule has 2 aliphatic carbocycles. The molecule has 2 aromatic heterocycles. The van der Waals surface area contributed by atoms with Crippen molar-refractivity contribution in [2.24, 2.45) is 5.92 Å². The fourth-order valence-electron chi connectivity index (χ4n) is 8.79. The van der Waals surface area contributed by atoms with Gasteiger partial charge >= 0.3 is 6.09 Å². The zero-order chi connectivity index (χ0) is 45.0. The number of hydrogen-bond donors (Lipinski definition) is 4. The molecule has 0 unspecified atom stereocenters. The minimum Gasteiger partial charge on any atom is -0.497 e. The number of nitrogens with zero attached hydrogens (tertiary/aromatic N) is 3. The molecule has 1 saturated heterocycles. The highest BCUT2D eigenvalue weighted by atomic mass is 32.2. The number of pyridine rings is 1. The number of alkyl carbamates (subject to hydrolysis) is 1. The van der Waals surface area contributed by atoms with Crippen LogP contribution in [0.1, 0.15) is 84.5 Å². The van der Waals surface area contributed by atoms with Crippen LogP contribution in [-0.2, 0) is 29.1 Å². The first-order valence-electron chi connectivity index (χ1n) is 22.1. The summed E-state index contributed by atoms with van der Waals surface area (Å²) in [5.41, 5.74) is 0.150. The highest BCUT2D eigenvalue weighted by molar-refractivity contribution is 7.90. The second kappa shape index (κ2) is 19.2. The van der Waals surface area contributed by atoms with Crippen molar-refractivity contribution >= 4 is 61.2 Å². The van der Waals surface area contributed by atoms with Crippen LogP contribution in [0.15, 0.2) is 77.0 Å². The summed E-state index contributed by atoms with van der Waals surface area (Å²) in [5, 5.41) is 12.4. The van der Waals surface area contributed by atoms with E-state index in [1.165, 1.54) is 28.4 Å². The lowest BCUT2D eigenvalue weighted by molar-refractivity contribution is -0.141. The van der Waals surface area contributed by atoms with Gasteiger partial charge in [0, 0.05) is 41.3 Å². The standard InChI is InChI=1S/C46H55N7O9S2/c1-28(2)47-44-49-38(27-63-44)37-24-40(34-21-20-31(60-3)22-36(34)48-37)61-32-23-39-41(54)51-46(43(56)52-64(58,59)33-17-9-7-10-18-33)25-29(46)14-8-5-4-6-11-19-35(42(55)53(39)26-32)50-45(57)62-30-15-12-13-16-30/h7-10,14,17-18,20-22,24,27-30,32,35,39H,4-6,11-13,15-16,19,23,25-26H2,1-3H3,(H,47,49)(H,50,57)(H,51,54)(H,52,56)/b14-8-/t29-,32-,35+,39+,46-/m1/s1. The molecule has 0 spiro atoms. The normalized spacial score (nSPS) is 24.7. The van der Waals surface area contributed by atoms with E-state index in [-0.39, 0.29) is 36.4 Å². The van der Waals surface area contributed by atoms with Crippen molar-refractivity contribution in [2.75, 3.05) is 19.0 Å². The monoisotopic (exact) mass is 913 g/mol. The molecule has 4 amide bonds. The first-order valence-corrected chi connectivity index (χ1v) is 24.4. The molecule has 2 aromatic carbocycles. The van der Waals surface area contributed by atoms with E-state index in [0.717, 1.165) is 43.7 Å². The first kappa shape index (κ1) is 44.8. The van der Waals surface area contributed by atoms with Crippen molar-refractivity contribution in [1.29, 1.82) is 0 Å². The largest absolute Gasteiger partial charge is 0.497 e. The van der Waals surface area contributed by atoms with Gasteiger partial charge in [0.05, 0.1) is 29.8 Å². The molecule has 340 valence electrons.